The standard InChI is InChI=1S/C29H36O10/c1-8-27(7,33)26(32)38-21-19-15(6)24(36-10-3)29(34)22-18-17(13(4)11-16(30)20(18)35-9-2)14(5)23(39-25(21)31)28(19,22)12-37-29/h11,19,21-22,24,30,33-34H,6,8-10,12H2,1-5,7H3/t19-,21-,22-,24-,27-,28+,29-/m0/s1. The fraction of sp³-hybridized carbons (Fsp3) is 0.586. The molecule has 10 heteroatoms. The summed E-state index contributed by atoms with van der Waals surface area (Å²) in [7, 11) is 0. The Bertz CT molecular complexity index is 1300. The Kier molecular flexibility index (Phi) is 6.42. The number of aliphatic hydroxyl groups is 2. The van der Waals surface area contributed by atoms with Gasteiger partial charge in [-0.15, -0.1) is 0 Å². The molecule has 0 amide bonds. The highest BCUT2D eigenvalue weighted by molar-refractivity contribution is 5.89. The van der Waals surface area contributed by atoms with Crippen molar-refractivity contribution in [2.24, 2.45) is 11.3 Å². The molecule has 10 nitrogen and oxygen atoms in total. The zero-order chi connectivity index (χ0) is 28.7. The second-order valence-electron chi connectivity index (χ2n) is 11.0. The Morgan fingerprint density at radius 1 is 1.26 bits per heavy atom. The topological polar surface area (TPSA) is 141 Å². The molecule has 1 spiro atoms. The molecule has 39 heavy (non-hydrogen) atoms. The van der Waals surface area contributed by atoms with Gasteiger partial charge in [0.25, 0.3) is 0 Å². The maximum atomic E-state index is 13.6. The summed E-state index contributed by atoms with van der Waals surface area (Å²) in [5.41, 5.74) is -0.321. The van der Waals surface area contributed by atoms with Crippen LogP contribution < -0.4 is 4.74 Å². The summed E-state index contributed by atoms with van der Waals surface area (Å²) >= 11 is 0. The Morgan fingerprint density at radius 3 is 2.56 bits per heavy atom. The first-order valence-electron chi connectivity index (χ1n) is 13.3. The summed E-state index contributed by atoms with van der Waals surface area (Å²) in [5, 5.41) is 33.8. The molecular formula is C29H36O10. The van der Waals surface area contributed by atoms with Crippen LogP contribution in [-0.4, -0.2) is 70.7 Å². The zero-order valence-electron chi connectivity index (χ0n) is 23.1. The molecule has 0 radical (unpaired) electrons. The number of benzene rings is 1. The lowest BCUT2D eigenvalue weighted by Gasteiger charge is -2.57. The van der Waals surface area contributed by atoms with Gasteiger partial charge in [-0.1, -0.05) is 13.5 Å². The number of aryl methyl sites for hydroxylation is 1. The SMILES string of the molecule is C=C1[C@H](OCC)[C@@]2(O)OC[C@]34C(=C(C)c5c(C)cc(O)c(OCC)c5[C@H]23)OC(=O)[C@@H](OC(=O)[C@@](C)(O)CC)[C@H]14. The summed E-state index contributed by atoms with van der Waals surface area (Å²) in [6.07, 6.45) is -2.55. The minimum absolute atomic E-state index is 0.0608. The second kappa shape index (κ2) is 9.05. The van der Waals surface area contributed by atoms with E-state index < -0.39 is 52.8 Å². The highest BCUT2D eigenvalue weighted by Gasteiger charge is 2.78. The molecule has 2 heterocycles. The van der Waals surface area contributed by atoms with E-state index in [4.69, 9.17) is 23.7 Å². The van der Waals surface area contributed by atoms with Crippen molar-refractivity contribution < 1.29 is 48.6 Å². The van der Waals surface area contributed by atoms with Crippen LogP contribution in [0, 0.1) is 18.3 Å². The number of carbonyl (C=O) groups excluding carboxylic acids is 2. The van der Waals surface area contributed by atoms with E-state index in [9.17, 15) is 24.9 Å². The number of aromatic hydroxyl groups is 1. The van der Waals surface area contributed by atoms with Gasteiger partial charge in [0.15, 0.2) is 17.1 Å². The van der Waals surface area contributed by atoms with Gasteiger partial charge >= 0.3 is 11.9 Å². The summed E-state index contributed by atoms with van der Waals surface area (Å²) in [5.74, 6) is -5.29. The van der Waals surface area contributed by atoms with Crippen LogP contribution in [0.5, 0.6) is 11.5 Å². The fourth-order valence-electron chi connectivity index (χ4n) is 6.99. The van der Waals surface area contributed by atoms with Gasteiger partial charge in [-0.2, -0.15) is 0 Å². The first-order valence-corrected chi connectivity index (χ1v) is 13.3. The van der Waals surface area contributed by atoms with Crippen molar-refractivity contribution in [1.29, 1.82) is 0 Å². The van der Waals surface area contributed by atoms with Crippen LogP contribution in [0.2, 0.25) is 0 Å². The van der Waals surface area contributed by atoms with Crippen molar-refractivity contribution in [1.82, 2.24) is 0 Å². The highest BCUT2D eigenvalue weighted by Crippen LogP contribution is 2.72. The number of fused-ring (bicyclic) bond motifs is 1. The van der Waals surface area contributed by atoms with Gasteiger partial charge in [0.2, 0.25) is 11.9 Å². The van der Waals surface area contributed by atoms with Crippen molar-refractivity contribution in [2.45, 2.75) is 77.5 Å². The van der Waals surface area contributed by atoms with Gasteiger partial charge in [0.05, 0.1) is 24.5 Å². The maximum Gasteiger partial charge on any atom is 0.353 e. The van der Waals surface area contributed by atoms with E-state index in [1.165, 1.54) is 6.92 Å². The average molecular weight is 545 g/mol. The lowest BCUT2D eigenvalue weighted by molar-refractivity contribution is -0.249. The van der Waals surface area contributed by atoms with Crippen LogP contribution in [0.3, 0.4) is 0 Å². The third kappa shape index (κ3) is 3.48. The lowest BCUT2D eigenvalue weighted by Crippen LogP contribution is -2.65. The van der Waals surface area contributed by atoms with E-state index in [0.717, 1.165) is 0 Å². The van der Waals surface area contributed by atoms with Crippen LogP contribution >= 0.6 is 0 Å². The van der Waals surface area contributed by atoms with Gasteiger partial charge in [-0.05, 0) is 69.4 Å². The van der Waals surface area contributed by atoms with Crippen LogP contribution in [0.15, 0.2) is 24.0 Å². The summed E-state index contributed by atoms with van der Waals surface area (Å²) in [6.45, 7) is 14.6. The molecule has 3 N–H and O–H groups in total. The number of allylic oxidation sites excluding steroid dienone is 1. The second-order valence-corrected chi connectivity index (χ2v) is 11.0. The normalized spacial score (nSPS) is 34.2. The lowest BCUT2D eigenvalue weighted by atomic mass is 9.49. The summed E-state index contributed by atoms with van der Waals surface area (Å²) < 4.78 is 29.8. The Morgan fingerprint density at radius 2 is 1.95 bits per heavy atom. The average Bonchev–Trinajstić information content (AvgIpc) is 3.14. The first-order chi connectivity index (χ1) is 18.3. The van der Waals surface area contributed by atoms with Crippen molar-refractivity contribution in [3.63, 3.8) is 0 Å². The largest absolute Gasteiger partial charge is 0.504 e. The highest BCUT2D eigenvalue weighted by atomic mass is 16.7. The summed E-state index contributed by atoms with van der Waals surface area (Å²) in [4.78, 5) is 26.6. The van der Waals surface area contributed by atoms with Crippen LogP contribution in [0.4, 0.5) is 0 Å². The maximum absolute atomic E-state index is 13.6. The molecule has 1 saturated carbocycles. The molecule has 1 aromatic rings. The molecule has 2 bridgehead atoms. The van der Waals surface area contributed by atoms with Crippen molar-refractivity contribution >= 4 is 17.5 Å². The Labute approximate surface area is 227 Å². The molecule has 2 saturated heterocycles. The number of ether oxygens (including phenoxy) is 5. The summed E-state index contributed by atoms with van der Waals surface area (Å²) in [6, 6.07) is 1.57. The van der Waals surface area contributed by atoms with Gasteiger partial charge in [-0.25, -0.2) is 9.59 Å². The first kappa shape index (κ1) is 27.6. The van der Waals surface area contributed by atoms with Gasteiger partial charge in [0.1, 0.15) is 11.9 Å². The van der Waals surface area contributed by atoms with Crippen LogP contribution in [0.1, 0.15) is 63.6 Å². The van der Waals surface area contributed by atoms with Gasteiger partial charge in [-0.3, -0.25) is 0 Å². The van der Waals surface area contributed by atoms with E-state index in [2.05, 4.69) is 6.58 Å². The predicted molar refractivity (Wildman–Crippen MR) is 138 cm³/mol. The predicted octanol–water partition coefficient (Wildman–Crippen LogP) is 2.85. The molecule has 5 rings (SSSR count). The zero-order valence-corrected chi connectivity index (χ0v) is 23.1. The third-order valence-corrected chi connectivity index (χ3v) is 8.78. The third-order valence-electron chi connectivity index (χ3n) is 8.78. The van der Waals surface area contributed by atoms with Crippen molar-refractivity contribution in [2.75, 3.05) is 19.8 Å². The number of carbonyl (C=O) groups is 2. The van der Waals surface area contributed by atoms with Gasteiger partial charge < -0.3 is 39.0 Å². The number of phenols is 1. The van der Waals surface area contributed by atoms with E-state index in [1.54, 1.807) is 33.8 Å². The number of rotatable bonds is 7. The van der Waals surface area contributed by atoms with E-state index in [1.807, 2.05) is 6.92 Å². The van der Waals surface area contributed by atoms with E-state index in [-0.39, 0.29) is 43.5 Å². The minimum Gasteiger partial charge on any atom is -0.504 e. The van der Waals surface area contributed by atoms with Crippen LogP contribution in [-0.2, 0) is 28.5 Å². The number of phenolic OH excluding ortho intramolecular Hbond substituents is 1. The smallest absolute Gasteiger partial charge is 0.353 e. The van der Waals surface area contributed by atoms with E-state index >= 15 is 0 Å². The Balaban J connectivity index is 1.82. The molecule has 2 aliphatic heterocycles. The molecule has 3 fully saturated rings. The van der Waals surface area contributed by atoms with E-state index in [0.29, 0.717) is 27.8 Å². The molecule has 4 aliphatic rings. The molecule has 7 atom stereocenters. The molecule has 0 unspecified atom stereocenters. The fourth-order valence-corrected chi connectivity index (χ4v) is 6.99. The van der Waals surface area contributed by atoms with Crippen LogP contribution in [0.25, 0.3) is 5.57 Å². The number of hydrogen-bond acceptors (Lipinski definition) is 10. The molecular weight excluding hydrogens is 508 g/mol. The quantitative estimate of drug-likeness (QED) is 0.347. The monoisotopic (exact) mass is 544 g/mol. The molecule has 2 aliphatic carbocycles. The Hall–Kier alpha value is -2.92. The van der Waals surface area contributed by atoms with Crippen molar-refractivity contribution in [3.05, 3.63) is 40.7 Å². The number of esters is 2. The number of hydrogen-bond donors (Lipinski definition) is 3. The molecule has 0 aromatic heterocycles. The van der Waals surface area contributed by atoms with Crippen molar-refractivity contribution in [3.8, 4) is 11.5 Å². The van der Waals surface area contributed by atoms with Gasteiger partial charge in [0, 0.05) is 18.1 Å². The minimum atomic E-state index is -1.97. The molecule has 1 aromatic carbocycles. The molecule has 212 valence electrons.